The summed E-state index contributed by atoms with van der Waals surface area (Å²) in [5, 5.41) is 18.5. The molecule has 0 saturated heterocycles. The molecule has 0 saturated carbocycles. The lowest BCUT2D eigenvalue weighted by atomic mass is 9.96. The van der Waals surface area contributed by atoms with Crippen molar-refractivity contribution in [2.75, 3.05) is 0 Å². The molecule has 1 aromatic carbocycles. The van der Waals surface area contributed by atoms with E-state index in [1.54, 1.807) is 6.07 Å². The van der Waals surface area contributed by atoms with Gasteiger partial charge in [-0.3, -0.25) is 0 Å². The van der Waals surface area contributed by atoms with E-state index in [4.69, 9.17) is 11.0 Å². The first kappa shape index (κ1) is 10.6. The van der Waals surface area contributed by atoms with Gasteiger partial charge in [0.25, 0.3) is 0 Å². The van der Waals surface area contributed by atoms with Gasteiger partial charge >= 0.3 is 0 Å². The molecule has 0 aromatic heterocycles. The van der Waals surface area contributed by atoms with Gasteiger partial charge in [0.05, 0.1) is 6.07 Å². The molecule has 0 heterocycles. The third-order valence-electron chi connectivity index (χ3n) is 2.19. The summed E-state index contributed by atoms with van der Waals surface area (Å²) in [6, 6.07) is 6.47. The van der Waals surface area contributed by atoms with E-state index < -0.39 is 6.04 Å². The van der Waals surface area contributed by atoms with Gasteiger partial charge in [0.15, 0.2) is 0 Å². The average Bonchev–Trinajstić information content (AvgIpc) is 2.16. The molecule has 1 rings (SSSR count). The van der Waals surface area contributed by atoms with Gasteiger partial charge in [-0.2, -0.15) is 5.26 Å². The maximum absolute atomic E-state index is 9.83. The normalized spacial score (nSPS) is 12.5. The van der Waals surface area contributed by atoms with E-state index in [9.17, 15) is 5.11 Å². The van der Waals surface area contributed by atoms with Crippen LogP contribution < -0.4 is 5.73 Å². The molecule has 14 heavy (non-hydrogen) atoms. The Morgan fingerprint density at radius 3 is 2.43 bits per heavy atom. The molecule has 0 bridgehead atoms. The molecule has 1 aromatic rings. The van der Waals surface area contributed by atoms with Crippen molar-refractivity contribution in [2.45, 2.75) is 25.8 Å². The number of hydrogen-bond donors (Lipinski definition) is 2. The number of hydrogen-bond acceptors (Lipinski definition) is 3. The fourth-order valence-electron chi connectivity index (χ4n) is 1.37. The van der Waals surface area contributed by atoms with Crippen molar-refractivity contribution in [1.29, 1.82) is 5.26 Å². The number of para-hydroxylation sites is 1. The van der Waals surface area contributed by atoms with Crippen LogP contribution in [0, 0.1) is 11.3 Å². The van der Waals surface area contributed by atoms with Crippen molar-refractivity contribution in [3.05, 3.63) is 29.3 Å². The maximum Gasteiger partial charge on any atom is 0.124 e. The van der Waals surface area contributed by atoms with Gasteiger partial charge in [-0.25, -0.2) is 0 Å². The molecule has 0 spiro atoms. The molecule has 1 atom stereocenters. The number of nitrogens with two attached hydrogens (primary N) is 1. The number of nitrogens with zero attached hydrogens (tertiary/aromatic N) is 1. The second-order valence-corrected chi connectivity index (χ2v) is 3.55. The molecule has 74 valence electrons. The van der Waals surface area contributed by atoms with Crippen LogP contribution in [0.5, 0.6) is 5.75 Å². The minimum atomic E-state index is -0.756. The lowest BCUT2D eigenvalue weighted by Crippen LogP contribution is -2.08. The monoisotopic (exact) mass is 190 g/mol. The SMILES string of the molecule is CC(C)c1cccc([C@@H](N)C#N)c1O. The van der Waals surface area contributed by atoms with Crippen LogP contribution in [0.4, 0.5) is 0 Å². The Morgan fingerprint density at radius 1 is 1.36 bits per heavy atom. The van der Waals surface area contributed by atoms with E-state index in [1.807, 2.05) is 32.0 Å². The molecule has 0 aliphatic carbocycles. The standard InChI is InChI=1S/C11H14N2O/c1-7(2)8-4-3-5-9(11(8)14)10(13)6-12/h3-5,7,10,14H,13H2,1-2H3/t10-/m0/s1. The molecule has 3 N–H and O–H groups in total. The zero-order chi connectivity index (χ0) is 10.7. The van der Waals surface area contributed by atoms with Crippen LogP contribution in [0.15, 0.2) is 18.2 Å². The van der Waals surface area contributed by atoms with Gasteiger partial charge in [0.1, 0.15) is 11.8 Å². The molecule has 3 nitrogen and oxygen atoms in total. The zero-order valence-corrected chi connectivity index (χ0v) is 8.36. The quantitative estimate of drug-likeness (QED) is 0.749. The Kier molecular flexibility index (Phi) is 3.10. The van der Waals surface area contributed by atoms with E-state index >= 15 is 0 Å². The molecular formula is C11H14N2O. The molecule has 0 amide bonds. The summed E-state index contributed by atoms with van der Waals surface area (Å²) in [4.78, 5) is 0. The smallest absolute Gasteiger partial charge is 0.124 e. The summed E-state index contributed by atoms with van der Waals surface area (Å²) in [7, 11) is 0. The largest absolute Gasteiger partial charge is 0.507 e. The number of phenols is 1. The van der Waals surface area contributed by atoms with Gasteiger partial charge in [-0.05, 0) is 11.5 Å². The van der Waals surface area contributed by atoms with Crippen molar-refractivity contribution in [3.8, 4) is 11.8 Å². The predicted molar refractivity (Wildman–Crippen MR) is 54.7 cm³/mol. The Balaban J connectivity index is 3.22. The number of rotatable bonds is 2. The highest BCUT2D eigenvalue weighted by Crippen LogP contribution is 2.31. The zero-order valence-electron chi connectivity index (χ0n) is 8.36. The second-order valence-electron chi connectivity index (χ2n) is 3.55. The highest BCUT2D eigenvalue weighted by Gasteiger charge is 2.14. The van der Waals surface area contributed by atoms with Crippen LogP contribution in [0.2, 0.25) is 0 Å². The Hall–Kier alpha value is -1.53. The Bertz CT molecular complexity index is 366. The molecule has 0 fully saturated rings. The maximum atomic E-state index is 9.83. The van der Waals surface area contributed by atoms with Crippen LogP contribution in [-0.2, 0) is 0 Å². The summed E-state index contributed by atoms with van der Waals surface area (Å²) in [6.07, 6.45) is 0. The number of benzene rings is 1. The number of nitriles is 1. The van der Waals surface area contributed by atoms with Gasteiger partial charge in [-0.15, -0.1) is 0 Å². The van der Waals surface area contributed by atoms with E-state index in [0.29, 0.717) is 5.56 Å². The summed E-state index contributed by atoms with van der Waals surface area (Å²) in [6.45, 7) is 3.97. The van der Waals surface area contributed by atoms with Crippen molar-refractivity contribution < 1.29 is 5.11 Å². The van der Waals surface area contributed by atoms with Crippen LogP contribution in [0.3, 0.4) is 0 Å². The minimum absolute atomic E-state index is 0.150. The fourth-order valence-corrected chi connectivity index (χ4v) is 1.37. The second kappa shape index (κ2) is 4.12. The minimum Gasteiger partial charge on any atom is -0.507 e. The first-order chi connectivity index (χ1) is 6.57. The van der Waals surface area contributed by atoms with E-state index in [2.05, 4.69) is 0 Å². The van der Waals surface area contributed by atoms with Gasteiger partial charge < -0.3 is 10.8 Å². The highest BCUT2D eigenvalue weighted by atomic mass is 16.3. The van der Waals surface area contributed by atoms with Gasteiger partial charge in [-0.1, -0.05) is 32.0 Å². The summed E-state index contributed by atoms with van der Waals surface area (Å²) in [5.74, 6) is 0.373. The predicted octanol–water partition coefficient (Wildman–Crippen LogP) is 2.04. The van der Waals surface area contributed by atoms with E-state index in [-0.39, 0.29) is 11.7 Å². The van der Waals surface area contributed by atoms with Crippen LogP contribution >= 0.6 is 0 Å². The van der Waals surface area contributed by atoms with Gasteiger partial charge in [0.2, 0.25) is 0 Å². The molecule has 0 aliphatic rings. The number of aromatic hydroxyl groups is 1. The topological polar surface area (TPSA) is 70.0 Å². The lowest BCUT2D eigenvalue weighted by Gasteiger charge is -2.13. The van der Waals surface area contributed by atoms with Crippen molar-refractivity contribution in [1.82, 2.24) is 0 Å². The molecule has 0 unspecified atom stereocenters. The summed E-state index contributed by atoms with van der Waals surface area (Å²) in [5.41, 5.74) is 6.87. The van der Waals surface area contributed by atoms with Crippen LogP contribution in [0.1, 0.15) is 36.9 Å². The summed E-state index contributed by atoms with van der Waals surface area (Å²) >= 11 is 0. The van der Waals surface area contributed by atoms with E-state index in [0.717, 1.165) is 5.56 Å². The summed E-state index contributed by atoms with van der Waals surface area (Å²) < 4.78 is 0. The lowest BCUT2D eigenvalue weighted by molar-refractivity contribution is 0.456. The Morgan fingerprint density at radius 2 is 1.93 bits per heavy atom. The molecular weight excluding hydrogens is 176 g/mol. The third kappa shape index (κ3) is 1.86. The molecule has 0 radical (unpaired) electrons. The third-order valence-corrected chi connectivity index (χ3v) is 2.19. The molecule has 0 aliphatic heterocycles. The average molecular weight is 190 g/mol. The first-order valence-corrected chi connectivity index (χ1v) is 4.55. The van der Waals surface area contributed by atoms with Crippen LogP contribution in [-0.4, -0.2) is 5.11 Å². The first-order valence-electron chi connectivity index (χ1n) is 4.55. The Labute approximate surface area is 83.8 Å². The van der Waals surface area contributed by atoms with Gasteiger partial charge in [0, 0.05) is 5.56 Å². The van der Waals surface area contributed by atoms with Crippen LogP contribution in [0.25, 0.3) is 0 Å². The highest BCUT2D eigenvalue weighted by molar-refractivity contribution is 5.45. The van der Waals surface area contributed by atoms with E-state index in [1.165, 1.54) is 0 Å². The fraction of sp³-hybridized carbons (Fsp3) is 0.364. The van der Waals surface area contributed by atoms with Crippen molar-refractivity contribution >= 4 is 0 Å². The van der Waals surface area contributed by atoms with Crippen molar-refractivity contribution in [3.63, 3.8) is 0 Å². The van der Waals surface area contributed by atoms with Crippen molar-refractivity contribution in [2.24, 2.45) is 5.73 Å². The number of phenolic OH excluding ortho intramolecular Hbond substituents is 1. The molecule has 3 heteroatoms.